The molecule has 2 aromatic rings. The first-order chi connectivity index (χ1) is 15.4. The molecule has 0 radical (unpaired) electrons. The lowest BCUT2D eigenvalue weighted by molar-refractivity contribution is -0.143. The molecular formula is C25H30N2O5. The fourth-order valence-corrected chi connectivity index (χ4v) is 3.62. The van der Waals surface area contributed by atoms with Crippen LogP contribution in [0.3, 0.4) is 0 Å². The van der Waals surface area contributed by atoms with Crippen LogP contribution in [0.5, 0.6) is 11.5 Å². The summed E-state index contributed by atoms with van der Waals surface area (Å²) in [7, 11) is 1.56. The number of ether oxygens (including phenoxy) is 3. The first-order valence-electron chi connectivity index (χ1n) is 10.8. The van der Waals surface area contributed by atoms with Crippen molar-refractivity contribution in [2.45, 2.75) is 52.4 Å². The van der Waals surface area contributed by atoms with E-state index in [2.05, 4.69) is 10.6 Å². The molecule has 1 heterocycles. The lowest BCUT2D eigenvalue weighted by Gasteiger charge is -2.31. The summed E-state index contributed by atoms with van der Waals surface area (Å²) in [5.41, 5.74) is 2.54. The minimum absolute atomic E-state index is 0.296. The van der Waals surface area contributed by atoms with Crippen LogP contribution in [0.1, 0.15) is 50.8 Å². The van der Waals surface area contributed by atoms with Gasteiger partial charge in [-0.05, 0) is 31.9 Å². The molecule has 2 aromatic carbocycles. The second-order valence-electron chi connectivity index (χ2n) is 7.78. The quantitative estimate of drug-likeness (QED) is 0.558. The second kappa shape index (κ2) is 10.7. The molecule has 7 nitrogen and oxygen atoms in total. The van der Waals surface area contributed by atoms with Crippen molar-refractivity contribution in [3.8, 4) is 11.5 Å². The Morgan fingerprint density at radius 2 is 1.84 bits per heavy atom. The number of benzene rings is 2. The monoisotopic (exact) mass is 438 g/mol. The fraction of sp³-hybridized carbons (Fsp3) is 0.360. The summed E-state index contributed by atoms with van der Waals surface area (Å²) in [4.78, 5) is 25.6. The third kappa shape index (κ3) is 5.41. The van der Waals surface area contributed by atoms with Crippen molar-refractivity contribution in [2.75, 3.05) is 7.11 Å². The number of para-hydroxylation sites is 1. The van der Waals surface area contributed by atoms with Gasteiger partial charge >= 0.3 is 12.0 Å². The molecule has 32 heavy (non-hydrogen) atoms. The molecule has 0 aliphatic carbocycles. The van der Waals surface area contributed by atoms with Crippen LogP contribution in [0.4, 0.5) is 4.79 Å². The summed E-state index contributed by atoms with van der Waals surface area (Å²) in [6.07, 6.45) is 1.00. The minimum atomic E-state index is -0.738. The maximum absolute atomic E-state index is 13.1. The number of methoxy groups -OCH3 is 1. The summed E-state index contributed by atoms with van der Waals surface area (Å²) in [6.45, 7) is 5.88. The first kappa shape index (κ1) is 23.2. The molecule has 0 aromatic heterocycles. The van der Waals surface area contributed by atoms with Crippen molar-refractivity contribution in [1.82, 2.24) is 10.6 Å². The Bertz CT molecular complexity index is 985. The number of nitrogens with one attached hydrogen (secondary N) is 2. The van der Waals surface area contributed by atoms with E-state index in [-0.39, 0.29) is 12.1 Å². The third-order valence-electron chi connectivity index (χ3n) is 4.98. The molecule has 2 N–H and O–H groups in total. The average Bonchev–Trinajstić information content (AvgIpc) is 2.77. The molecule has 0 spiro atoms. The molecule has 0 saturated carbocycles. The van der Waals surface area contributed by atoms with Crippen molar-refractivity contribution in [3.63, 3.8) is 0 Å². The van der Waals surface area contributed by atoms with Gasteiger partial charge in [0.2, 0.25) is 0 Å². The maximum Gasteiger partial charge on any atom is 0.338 e. The Balaban J connectivity index is 2.07. The van der Waals surface area contributed by atoms with Gasteiger partial charge < -0.3 is 24.8 Å². The van der Waals surface area contributed by atoms with Crippen molar-refractivity contribution >= 4 is 12.0 Å². The van der Waals surface area contributed by atoms with E-state index in [4.69, 9.17) is 14.2 Å². The van der Waals surface area contributed by atoms with Crippen LogP contribution in [0.25, 0.3) is 0 Å². The normalized spacial score (nSPS) is 15.8. The Morgan fingerprint density at radius 1 is 1.09 bits per heavy atom. The number of carbonyl (C=O) groups excluding carboxylic acids is 2. The number of esters is 1. The fourth-order valence-electron chi connectivity index (χ4n) is 3.62. The summed E-state index contributed by atoms with van der Waals surface area (Å²) in [6, 6.07) is 14.0. The van der Waals surface area contributed by atoms with Crippen molar-refractivity contribution in [2.24, 2.45) is 0 Å². The highest BCUT2D eigenvalue weighted by Crippen LogP contribution is 2.40. The largest absolute Gasteiger partial charge is 0.493 e. The molecule has 0 bridgehead atoms. The van der Waals surface area contributed by atoms with E-state index in [9.17, 15) is 9.59 Å². The molecule has 1 aliphatic heterocycles. The van der Waals surface area contributed by atoms with Crippen LogP contribution in [-0.2, 0) is 16.1 Å². The molecule has 1 aliphatic rings. The third-order valence-corrected chi connectivity index (χ3v) is 4.98. The lowest BCUT2D eigenvalue weighted by atomic mass is 9.92. The molecule has 1 atom stereocenters. The van der Waals surface area contributed by atoms with Crippen molar-refractivity contribution in [1.29, 1.82) is 0 Å². The van der Waals surface area contributed by atoms with E-state index >= 15 is 0 Å². The van der Waals surface area contributed by atoms with Gasteiger partial charge in [0, 0.05) is 11.3 Å². The van der Waals surface area contributed by atoms with Gasteiger partial charge in [-0.3, -0.25) is 0 Å². The van der Waals surface area contributed by atoms with Crippen LogP contribution >= 0.6 is 0 Å². The van der Waals surface area contributed by atoms with E-state index in [1.807, 2.05) is 49.4 Å². The highest BCUT2D eigenvalue weighted by atomic mass is 16.5. The highest BCUT2D eigenvalue weighted by Gasteiger charge is 2.36. The number of carbonyl (C=O) groups is 2. The average molecular weight is 439 g/mol. The zero-order valence-corrected chi connectivity index (χ0v) is 18.9. The Labute approximate surface area is 188 Å². The van der Waals surface area contributed by atoms with E-state index in [0.717, 1.165) is 12.0 Å². The molecule has 1 unspecified atom stereocenters. The van der Waals surface area contributed by atoms with Crippen LogP contribution < -0.4 is 20.1 Å². The minimum Gasteiger partial charge on any atom is -0.493 e. The molecule has 3 rings (SSSR count). The van der Waals surface area contributed by atoms with E-state index in [1.165, 1.54) is 0 Å². The number of urea groups is 1. The van der Waals surface area contributed by atoms with Crippen molar-refractivity contribution < 1.29 is 23.8 Å². The Morgan fingerprint density at radius 3 is 2.50 bits per heavy atom. The summed E-state index contributed by atoms with van der Waals surface area (Å²) in [5, 5.41) is 5.65. The topological polar surface area (TPSA) is 85.9 Å². The van der Waals surface area contributed by atoms with Crippen LogP contribution in [0.15, 0.2) is 59.8 Å². The zero-order valence-electron chi connectivity index (χ0n) is 18.9. The first-order valence-corrected chi connectivity index (χ1v) is 10.8. The molecule has 170 valence electrons. The smallest absolute Gasteiger partial charge is 0.338 e. The lowest BCUT2D eigenvalue weighted by Crippen LogP contribution is -2.46. The van der Waals surface area contributed by atoms with Gasteiger partial charge in [0.25, 0.3) is 0 Å². The molecule has 7 heteroatoms. The molecule has 0 saturated heterocycles. The number of rotatable bonds is 9. The Hall–Kier alpha value is -3.48. The molecular weight excluding hydrogens is 408 g/mol. The number of amides is 2. The van der Waals surface area contributed by atoms with E-state index < -0.39 is 12.0 Å². The van der Waals surface area contributed by atoms with Gasteiger partial charge in [-0.15, -0.1) is 0 Å². The second-order valence-corrected chi connectivity index (χ2v) is 7.78. The number of allylic oxidation sites excluding steroid dienone is 1. The van der Waals surface area contributed by atoms with E-state index in [1.54, 1.807) is 27.0 Å². The van der Waals surface area contributed by atoms with Gasteiger partial charge in [-0.1, -0.05) is 55.8 Å². The van der Waals surface area contributed by atoms with Gasteiger partial charge in [-0.2, -0.15) is 0 Å². The maximum atomic E-state index is 13.1. The van der Waals surface area contributed by atoms with Gasteiger partial charge in [0.15, 0.2) is 11.5 Å². The highest BCUT2D eigenvalue weighted by molar-refractivity contribution is 5.95. The molecule has 0 fully saturated rings. The van der Waals surface area contributed by atoms with E-state index in [0.29, 0.717) is 41.4 Å². The van der Waals surface area contributed by atoms with Crippen LogP contribution in [-0.4, -0.2) is 25.2 Å². The van der Waals surface area contributed by atoms with Gasteiger partial charge in [0.05, 0.1) is 24.8 Å². The predicted octanol–water partition coefficient (Wildman–Crippen LogP) is 4.63. The number of hydrogen-bond donors (Lipinski definition) is 2. The van der Waals surface area contributed by atoms with Crippen LogP contribution in [0, 0.1) is 0 Å². The summed E-state index contributed by atoms with van der Waals surface area (Å²) < 4.78 is 17.2. The van der Waals surface area contributed by atoms with Gasteiger partial charge in [-0.25, -0.2) is 9.59 Å². The molecule has 2 amide bonds. The van der Waals surface area contributed by atoms with Crippen molar-refractivity contribution in [3.05, 3.63) is 70.9 Å². The SMILES string of the molecule is CCCC1=C(C(=O)OC(C)C)C(c2cccc(OC)c2OCc2ccccc2)NC(=O)N1. The Kier molecular flexibility index (Phi) is 7.76. The standard InChI is InChI=1S/C25H30N2O5/c1-5-10-19-21(24(28)32-16(2)3)22(27-25(29)26-19)18-13-9-14-20(30-4)23(18)31-15-17-11-7-6-8-12-17/h6-9,11-14,16,22H,5,10,15H2,1-4H3,(H2,26,27,29). The summed E-state index contributed by atoms with van der Waals surface area (Å²) in [5.74, 6) is 0.509. The number of hydrogen-bond acceptors (Lipinski definition) is 5. The van der Waals surface area contributed by atoms with Crippen LogP contribution in [0.2, 0.25) is 0 Å². The predicted molar refractivity (Wildman–Crippen MR) is 121 cm³/mol. The van der Waals surface area contributed by atoms with Gasteiger partial charge in [0.1, 0.15) is 6.61 Å². The summed E-state index contributed by atoms with van der Waals surface area (Å²) >= 11 is 0. The zero-order chi connectivity index (χ0) is 23.1.